The van der Waals surface area contributed by atoms with Crippen LogP contribution >= 0.6 is 23.2 Å². The number of aliphatic imine (C=N–C) groups is 1. The second-order valence-electron chi connectivity index (χ2n) is 3.39. The van der Waals surface area contributed by atoms with Gasteiger partial charge in [-0.25, -0.2) is 4.39 Å². The molecule has 0 aliphatic heterocycles. The zero-order chi connectivity index (χ0) is 12.7. The number of hydrogen-bond acceptors (Lipinski definition) is 1. The van der Waals surface area contributed by atoms with E-state index in [1.54, 1.807) is 0 Å². The van der Waals surface area contributed by atoms with Gasteiger partial charge < -0.3 is 0 Å². The van der Waals surface area contributed by atoms with Crippen molar-refractivity contribution in [2.45, 2.75) is 6.42 Å². The highest BCUT2D eigenvalue weighted by Gasteiger charge is 1.92. The molecular formula is C13H12Cl2FN. The second kappa shape index (κ2) is 7.25. The third kappa shape index (κ3) is 6.25. The Kier molecular flexibility index (Phi) is 5.95. The summed E-state index contributed by atoms with van der Waals surface area (Å²) in [5.74, 6) is -0.584. The molecule has 0 aliphatic rings. The summed E-state index contributed by atoms with van der Waals surface area (Å²) in [6, 6.07) is 7.55. The minimum atomic E-state index is -0.584. The molecule has 0 spiro atoms. The third-order valence-corrected chi connectivity index (χ3v) is 2.41. The highest BCUT2D eigenvalue weighted by molar-refractivity contribution is 6.39. The standard InChI is InChI=1S/C13H12Cl2FN/c1-10(16)8-13(15)9-17-7-6-11-2-4-12(14)5-3-11/h2-5,8-9H,1,6-7H2/b13-8+,17-9?. The van der Waals surface area contributed by atoms with Crippen molar-refractivity contribution in [2.75, 3.05) is 6.54 Å². The molecule has 1 aromatic rings. The van der Waals surface area contributed by atoms with Crippen molar-refractivity contribution in [3.63, 3.8) is 0 Å². The van der Waals surface area contributed by atoms with Crippen LogP contribution in [0.15, 0.2) is 52.8 Å². The Hall–Kier alpha value is -1.12. The zero-order valence-electron chi connectivity index (χ0n) is 9.17. The summed E-state index contributed by atoms with van der Waals surface area (Å²) < 4.78 is 12.3. The van der Waals surface area contributed by atoms with Crippen LogP contribution in [0, 0.1) is 0 Å². The van der Waals surface area contributed by atoms with Gasteiger partial charge in [-0.3, -0.25) is 4.99 Å². The maximum absolute atomic E-state index is 12.3. The van der Waals surface area contributed by atoms with E-state index in [-0.39, 0.29) is 5.03 Å². The number of rotatable bonds is 5. The molecule has 0 amide bonds. The van der Waals surface area contributed by atoms with Crippen molar-refractivity contribution in [1.82, 2.24) is 0 Å². The molecule has 0 atom stereocenters. The average molecular weight is 272 g/mol. The van der Waals surface area contributed by atoms with Gasteiger partial charge >= 0.3 is 0 Å². The molecule has 0 aromatic heterocycles. The monoisotopic (exact) mass is 271 g/mol. The Bertz CT molecular complexity index is 435. The zero-order valence-corrected chi connectivity index (χ0v) is 10.7. The van der Waals surface area contributed by atoms with E-state index < -0.39 is 5.83 Å². The molecule has 17 heavy (non-hydrogen) atoms. The van der Waals surface area contributed by atoms with Gasteiger partial charge in [0.2, 0.25) is 0 Å². The smallest absolute Gasteiger partial charge is 0.117 e. The van der Waals surface area contributed by atoms with Gasteiger partial charge in [0.05, 0.1) is 5.03 Å². The summed E-state index contributed by atoms with van der Waals surface area (Å²) in [6.07, 6.45) is 3.32. The first kappa shape index (κ1) is 13.9. The maximum atomic E-state index is 12.3. The van der Waals surface area contributed by atoms with Crippen LogP contribution in [0.2, 0.25) is 5.02 Å². The van der Waals surface area contributed by atoms with Crippen LogP contribution in [0.3, 0.4) is 0 Å². The van der Waals surface area contributed by atoms with Crippen molar-refractivity contribution in [1.29, 1.82) is 0 Å². The third-order valence-electron chi connectivity index (χ3n) is 1.95. The lowest BCUT2D eigenvalue weighted by molar-refractivity contribution is 0.671. The van der Waals surface area contributed by atoms with Crippen molar-refractivity contribution >= 4 is 29.4 Å². The lowest BCUT2D eigenvalue weighted by Gasteiger charge is -1.97. The number of benzene rings is 1. The molecule has 0 fully saturated rings. The summed E-state index contributed by atoms with van der Waals surface area (Å²) in [4.78, 5) is 4.08. The summed E-state index contributed by atoms with van der Waals surface area (Å²) in [6.45, 7) is 3.67. The van der Waals surface area contributed by atoms with Gasteiger partial charge in [-0.2, -0.15) is 0 Å². The van der Waals surface area contributed by atoms with Crippen LogP contribution < -0.4 is 0 Å². The minimum Gasteiger partial charge on any atom is -0.291 e. The lowest BCUT2D eigenvalue weighted by Crippen LogP contribution is -1.89. The molecule has 0 radical (unpaired) electrons. The number of allylic oxidation sites excluding steroid dienone is 3. The van der Waals surface area contributed by atoms with E-state index in [9.17, 15) is 4.39 Å². The molecular weight excluding hydrogens is 260 g/mol. The van der Waals surface area contributed by atoms with Crippen molar-refractivity contribution in [2.24, 2.45) is 4.99 Å². The largest absolute Gasteiger partial charge is 0.291 e. The van der Waals surface area contributed by atoms with Gasteiger partial charge in [0.1, 0.15) is 5.83 Å². The number of halogens is 3. The first-order chi connectivity index (χ1) is 8.08. The molecule has 0 saturated heterocycles. The summed E-state index contributed by atoms with van der Waals surface area (Å²) in [5, 5.41) is 0.943. The van der Waals surface area contributed by atoms with E-state index in [1.807, 2.05) is 24.3 Å². The van der Waals surface area contributed by atoms with Crippen LogP contribution in [-0.2, 0) is 6.42 Å². The Morgan fingerprint density at radius 3 is 2.59 bits per heavy atom. The molecule has 1 aromatic carbocycles. The van der Waals surface area contributed by atoms with Gasteiger partial charge in [0.15, 0.2) is 0 Å². The first-order valence-corrected chi connectivity index (χ1v) is 5.79. The summed E-state index contributed by atoms with van der Waals surface area (Å²) in [7, 11) is 0. The predicted octanol–water partition coefficient (Wildman–Crippen LogP) is 4.56. The molecule has 90 valence electrons. The van der Waals surface area contributed by atoms with E-state index in [0.717, 1.165) is 18.1 Å². The molecule has 1 nitrogen and oxygen atoms in total. The van der Waals surface area contributed by atoms with Gasteiger partial charge in [-0.05, 0) is 30.2 Å². The fourth-order valence-electron chi connectivity index (χ4n) is 1.18. The van der Waals surface area contributed by atoms with E-state index >= 15 is 0 Å². The fraction of sp³-hybridized carbons (Fsp3) is 0.154. The molecule has 0 bridgehead atoms. The predicted molar refractivity (Wildman–Crippen MR) is 72.7 cm³/mol. The van der Waals surface area contributed by atoms with Gasteiger partial charge in [-0.1, -0.05) is 41.9 Å². The van der Waals surface area contributed by atoms with Crippen LogP contribution in [0.1, 0.15) is 5.56 Å². The minimum absolute atomic E-state index is 0.230. The van der Waals surface area contributed by atoms with E-state index in [1.165, 1.54) is 6.21 Å². The van der Waals surface area contributed by atoms with Crippen LogP contribution in [0.4, 0.5) is 4.39 Å². The quantitative estimate of drug-likeness (QED) is 0.550. The van der Waals surface area contributed by atoms with Crippen LogP contribution in [-0.4, -0.2) is 12.8 Å². The van der Waals surface area contributed by atoms with E-state index in [4.69, 9.17) is 23.2 Å². The Labute approximate surface area is 110 Å². The fourth-order valence-corrected chi connectivity index (χ4v) is 1.50. The molecule has 0 saturated carbocycles. The highest BCUT2D eigenvalue weighted by atomic mass is 35.5. The Morgan fingerprint density at radius 1 is 1.35 bits per heavy atom. The molecule has 0 N–H and O–H groups in total. The van der Waals surface area contributed by atoms with Crippen LogP contribution in [0.5, 0.6) is 0 Å². The normalized spacial score (nSPS) is 12.1. The van der Waals surface area contributed by atoms with Gasteiger partial charge in [-0.15, -0.1) is 0 Å². The summed E-state index contributed by atoms with van der Waals surface area (Å²) >= 11 is 11.4. The molecule has 0 unspecified atom stereocenters. The molecule has 1 rings (SSSR count). The van der Waals surface area contributed by atoms with Crippen molar-refractivity contribution < 1.29 is 4.39 Å². The highest BCUT2D eigenvalue weighted by Crippen LogP contribution is 2.10. The Balaban J connectivity index is 2.40. The van der Waals surface area contributed by atoms with E-state index in [2.05, 4.69) is 11.6 Å². The van der Waals surface area contributed by atoms with Crippen LogP contribution in [0.25, 0.3) is 0 Å². The SMILES string of the molecule is C=C(F)/C=C(/Cl)C=NCCc1ccc(Cl)cc1. The molecule has 4 heteroatoms. The maximum Gasteiger partial charge on any atom is 0.117 e. The topological polar surface area (TPSA) is 12.4 Å². The van der Waals surface area contributed by atoms with E-state index in [0.29, 0.717) is 11.6 Å². The first-order valence-electron chi connectivity index (χ1n) is 5.04. The summed E-state index contributed by atoms with van der Waals surface area (Å²) in [5.41, 5.74) is 1.14. The van der Waals surface area contributed by atoms with Crippen molar-refractivity contribution in [3.05, 3.63) is 58.4 Å². The molecule has 0 heterocycles. The van der Waals surface area contributed by atoms with Crippen molar-refractivity contribution in [3.8, 4) is 0 Å². The Morgan fingerprint density at radius 2 is 2.00 bits per heavy atom. The second-order valence-corrected chi connectivity index (χ2v) is 4.26. The van der Waals surface area contributed by atoms with Gasteiger partial charge in [0, 0.05) is 17.8 Å². The lowest BCUT2D eigenvalue weighted by atomic mass is 10.1. The number of hydrogen-bond donors (Lipinski definition) is 0. The molecule has 0 aliphatic carbocycles. The number of nitrogens with zero attached hydrogens (tertiary/aromatic N) is 1. The van der Waals surface area contributed by atoms with Gasteiger partial charge in [0.25, 0.3) is 0 Å². The average Bonchev–Trinajstić information content (AvgIpc) is 2.26.